The van der Waals surface area contributed by atoms with E-state index >= 15 is 0 Å². The molecule has 2 saturated heterocycles. The molecule has 4 rings (SSSR count). The van der Waals surface area contributed by atoms with Crippen molar-refractivity contribution in [3.05, 3.63) is 60.7 Å². The summed E-state index contributed by atoms with van der Waals surface area (Å²) in [6.45, 7) is 4.32. The minimum absolute atomic E-state index is 0.602. The predicted molar refractivity (Wildman–Crippen MR) is 103 cm³/mol. The molecule has 4 nitrogen and oxygen atoms in total. The summed E-state index contributed by atoms with van der Waals surface area (Å²) < 4.78 is 12.8. The highest BCUT2D eigenvalue weighted by atomic mass is 16.7. The van der Waals surface area contributed by atoms with Gasteiger partial charge in [0.2, 0.25) is 0 Å². The number of para-hydroxylation sites is 2. The fraction of sp³-hybridized carbons (Fsp3) is 0.455. The van der Waals surface area contributed by atoms with Crippen LogP contribution in [0.15, 0.2) is 60.7 Å². The van der Waals surface area contributed by atoms with E-state index < -0.39 is 5.79 Å². The Morgan fingerprint density at radius 2 is 1.04 bits per heavy atom. The zero-order valence-corrected chi connectivity index (χ0v) is 15.3. The molecule has 0 atom stereocenters. The standard InChI is InChI=1S/C22H28N2O2/c1-4-10-20(11-5-1)25-22(26-21-12-6-2-7-13-21)14-18-24(19-15-22)23-16-8-3-9-17-23/h1-2,4-7,10-13H,3,8-9,14-19H2. The van der Waals surface area contributed by atoms with E-state index in [4.69, 9.17) is 9.47 Å². The third-order valence-electron chi connectivity index (χ3n) is 5.33. The van der Waals surface area contributed by atoms with Gasteiger partial charge in [-0.05, 0) is 37.1 Å². The normalized spacial score (nSPS) is 21.2. The van der Waals surface area contributed by atoms with Gasteiger partial charge < -0.3 is 9.47 Å². The van der Waals surface area contributed by atoms with Gasteiger partial charge in [0.1, 0.15) is 11.5 Å². The monoisotopic (exact) mass is 352 g/mol. The molecule has 138 valence electrons. The van der Waals surface area contributed by atoms with Crippen molar-refractivity contribution in [2.45, 2.75) is 37.9 Å². The Morgan fingerprint density at radius 1 is 0.577 bits per heavy atom. The van der Waals surface area contributed by atoms with Gasteiger partial charge >= 0.3 is 0 Å². The average Bonchev–Trinajstić information content (AvgIpc) is 2.71. The lowest BCUT2D eigenvalue weighted by Crippen LogP contribution is -2.57. The quantitative estimate of drug-likeness (QED) is 0.748. The molecule has 2 aromatic carbocycles. The van der Waals surface area contributed by atoms with E-state index in [0.29, 0.717) is 0 Å². The largest absolute Gasteiger partial charge is 0.452 e. The van der Waals surface area contributed by atoms with Crippen molar-refractivity contribution < 1.29 is 9.47 Å². The molecule has 0 radical (unpaired) electrons. The third-order valence-corrected chi connectivity index (χ3v) is 5.33. The topological polar surface area (TPSA) is 24.9 Å². The molecule has 0 aliphatic carbocycles. The zero-order chi connectivity index (χ0) is 17.7. The minimum Gasteiger partial charge on any atom is -0.452 e. The summed E-state index contributed by atoms with van der Waals surface area (Å²) >= 11 is 0. The van der Waals surface area contributed by atoms with Crippen LogP contribution >= 0.6 is 0 Å². The number of rotatable bonds is 5. The fourth-order valence-corrected chi connectivity index (χ4v) is 3.91. The number of benzene rings is 2. The van der Waals surface area contributed by atoms with Crippen molar-refractivity contribution >= 4 is 0 Å². The van der Waals surface area contributed by atoms with Crippen LogP contribution in [-0.4, -0.2) is 42.0 Å². The molecule has 26 heavy (non-hydrogen) atoms. The number of hydrazine groups is 1. The van der Waals surface area contributed by atoms with E-state index in [2.05, 4.69) is 10.0 Å². The molecule has 0 aromatic heterocycles. The SMILES string of the molecule is c1ccc(OC2(Oc3ccccc3)CCN(N3CCCCC3)CC2)cc1. The first-order valence-electron chi connectivity index (χ1n) is 9.81. The maximum Gasteiger partial charge on any atom is 0.253 e. The van der Waals surface area contributed by atoms with Crippen molar-refractivity contribution in [3.63, 3.8) is 0 Å². The van der Waals surface area contributed by atoms with Crippen LogP contribution in [0.4, 0.5) is 0 Å². The Morgan fingerprint density at radius 3 is 1.54 bits per heavy atom. The lowest BCUT2D eigenvalue weighted by molar-refractivity contribution is -0.178. The Labute approximate surface area is 156 Å². The molecule has 2 aliphatic rings. The summed E-state index contributed by atoms with van der Waals surface area (Å²) in [5.41, 5.74) is 0. The van der Waals surface area contributed by atoms with Gasteiger partial charge in [0, 0.05) is 39.0 Å². The molecule has 2 heterocycles. The minimum atomic E-state index is -0.602. The van der Waals surface area contributed by atoms with Crippen molar-refractivity contribution in [1.82, 2.24) is 10.0 Å². The molecule has 0 saturated carbocycles. The smallest absolute Gasteiger partial charge is 0.253 e. The van der Waals surface area contributed by atoms with Gasteiger partial charge in [-0.1, -0.05) is 42.8 Å². The molecular weight excluding hydrogens is 324 g/mol. The van der Waals surface area contributed by atoms with Gasteiger partial charge in [-0.15, -0.1) is 0 Å². The number of nitrogens with zero attached hydrogens (tertiary/aromatic N) is 2. The second-order valence-corrected chi connectivity index (χ2v) is 7.21. The number of ether oxygens (including phenoxy) is 2. The molecule has 0 unspecified atom stereocenters. The first kappa shape index (κ1) is 17.4. The zero-order valence-electron chi connectivity index (χ0n) is 15.3. The summed E-state index contributed by atoms with van der Waals surface area (Å²) in [6, 6.07) is 20.1. The highest BCUT2D eigenvalue weighted by molar-refractivity contribution is 5.24. The van der Waals surface area contributed by atoms with E-state index in [1.54, 1.807) is 0 Å². The maximum atomic E-state index is 6.42. The molecule has 0 amide bonds. The van der Waals surface area contributed by atoms with Gasteiger partial charge in [-0.2, -0.15) is 0 Å². The highest BCUT2D eigenvalue weighted by Gasteiger charge is 2.40. The van der Waals surface area contributed by atoms with Crippen molar-refractivity contribution in [2.75, 3.05) is 26.2 Å². The Hall–Kier alpha value is -2.04. The summed E-state index contributed by atoms with van der Waals surface area (Å²) in [5.74, 6) is 1.14. The second kappa shape index (κ2) is 8.11. The molecule has 2 aromatic rings. The van der Waals surface area contributed by atoms with Crippen LogP contribution in [0.5, 0.6) is 11.5 Å². The highest BCUT2D eigenvalue weighted by Crippen LogP contribution is 2.32. The van der Waals surface area contributed by atoms with Crippen LogP contribution < -0.4 is 9.47 Å². The molecule has 2 fully saturated rings. The van der Waals surface area contributed by atoms with E-state index in [1.165, 1.54) is 32.4 Å². The third kappa shape index (κ3) is 4.19. The van der Waals surface area contributed by atoms with Crippen LogP contribution in [0.3, 0.4) is 0 Å². The maximum absolute atomic E-state index is 6.42. The van der Waals surface area contributed by atoms with E-state index in [1.807, 2.05) is 60.7 Å². The van der Waals surface area contributed by atoms with Gasteiger partial charge in [-0.3, -0.25) is 0 Å². The molecule has 2 aliphatic heterocycles. The van der Waals surface area contributed by atoms with Crippen LogP contribution in [0.25, 0.3) is 0 Å². The van der Waals surface area contributed by atoms with Gasteiger partial charge in [0.15, 0.2) is 0 Å². The fourth-order valence-electron chi connectivity index (χ4n) is 3.91. The lowest BCUT2D eigenvalue weighted by Gasteiger charge is -2.45. The molecular formula is C22H28N2O2. The molecule has 4 heteroatoms. The van der Waals surface area contributed by atoms with Gasteiger partial charge in [0.05, 0.1) is 0 Å². The second-order valence-electron chi connectivity index (χ2n) is 7.21. The Balaban J connectivity index is 1.48. The lowest BCUT2D eigenvalue weighted by atomic mass is 10.0. The summed E-state index contributed by atoms with van der Waals surface area (Å²) in [6.07, 6.45) is 5.69. The first-order valence-corrected chi connectivity index (χ1v) is 9.81. The number of hydrogen-bond acceptors (Lipinski definition) is 4. The van der Waals surface area contributed by atoms with Crippen LogP contribution in [-0.2, 0) is 0 Å². The Kier molecular flexibility index (Phi) is 5.42. The average molecular weight is 352 g/mol. The van der Waals surface area contributed by atoms with E-state index in [0.717, 1.165) is 37.4 Å². The number of piperidine rings is 2. The molecule has 0 bridgehead atoms. The van der Waals surface area contributed by atoms with Crippen molar-refractivity contribution in [1.29, 1.82) is 0 Å². The van der Waals surface area contributed by atoms with Gasteiger partial charge in [0.25, 0.3) is 5.79 Å². The van der Waals surface area contributed by atoms with Crippen LogP contribution in [0, 0.1) is 0 Å². The van der Waals surface area contributed by atoms with Crippen LogP contribution in [0.2, 0.25) is 0 Å². The first-order chi connectivity index (χ1) is 12.8. The molecule has 0 N–H and O–H groups in total. The summed E-state index contributed by atoms with van der Waals surface area (Å²) in [4.78, 5) is 0. The number of hydrogen-bond donors (Lipinski definition) is 0. The van der Waals surface area contributed by atoms with Crippen LogP contribution in [0.1, 0.15) is 32.1 Å². The summed E-state index contributed by atoms with van der Waals surface area (Å²) in [7, 11) is 0. The Bertz CT molecular complexity index is 620. The summed E-state index contributed by atoms with van der Waals surface area (Å²) in [5, 5.41) is 5.03. The van der Waals surface area contributed by atoms with Crippen molar-refractivity contribution in [3.8, 4) is 11.5 Å². The van der Waals surface area contributed by atoms with E-state index in [9.17, 15) is 0 Å². The van der Waals surface area contributed by atoms with Crippen molar-refractivity contribution in [2.24, 2.45) is 0 Å². The van der Waals surface area contributed by atoms with Gasteiger partial charge in [-0.25, -0.2) is 10.0 Å². The predicted octanol–water partition coefficient (Wildman–Crippen LogP) is 4.34. The van der Waals surface area contributed by atoms with E-state index in [-0.39, 0.29) is 0 Å². The molecule has 0 spiro atoms.